The van der Waals surface area contributed by atoms with Crippen molar-refractivity contribution in [1.82, 2.24) is 15.0 Å². The number of fused-ring (bicyclic) bond motifs is 5. The SMILES string of the molecule is N#Cc1cc(-c2nc(-c3ccccc3)nc(-c3ccccc3)n2)cc(N2c3ccccc3C(c3ccccc3)(c3cccc4c3oc3ccccc34)c3ccccc32)c1. The van der Waals surface area contributed by atoms with Crippen molar-refractivity contribution in [2.24, 2.45) is 0 Å². The highest BCUT2D eigenvalue weighted by atomic mass is 16.3. The zero-order chi connectivity index (χ0) is 39.3. The van der Waals surface area contributed by atoms with Crippen LogP contribution in [0.15, 0.2) is 205 Å². The molecular formula is C53H33N5O. The van der Waals surface area contributed by atoms with Crippen molar-refractivity contribution < 1.29 is 4.42 Å². The summed E-state index contributed by atoms with van der Waals surface area (Å²) in [6.07, 6.45) is 0. The van der Waals surface area contributed by atoms with Gasteiger partial charge in [0.05, 0.1) is 28.4 Å². The van der Waals surface area contributed by atoms with Crippen LogP contribution in [0.1, 0.15) is 27.8 Å². The number of nitrogens with zero attached hydrogens (tertiary/aromatic N) is 5. The minimum Gasteiger partial charge on any atom is -0.456 e. The fourth-order valence-corrected chi connectivity index (χ4v) is 8.88. The van der Waals surface area contributed by atoms with Crippen molar-refractivity contribution in [3.05, 3.63) is 228 Å². The highest BCUT2D eigenvalue weighted by Gasteiger charge is 2.48. The van der Waals surface area contributed by atoms with Gasteiger partial charge in [0, 0.05) is 38.7 Å². The first kappa shape index (κ1) is 34.1. The van der Waals surface area contributed by atoms with Gasteiger partial charge in [0.2, 0.25) is 0 Å². The molecule has 0 radical (unpaired) electrons. The largest absolute Gasteiger partial charge is 0.456 e. The van der Waals surface area contributed by atoms with E-state index in [0.29, 0.717) is 28.6 Å². The van der Waals surface area contributed by atoms with Crippen molar-refractivity contribution in [1.29, 1.82) is 5.26 Å². The summed E-state index contributed by atoms with van der Waals surface area (Å²) >= 11 is 0. The zero-order valence-electron chi connectivity index (χ0n) is 31.7. The predicted molar refractivity (Wildman–Crippen MR) is 235 cm³/mol. The van der Waals surface area contributed by atoms with Crippen molar-refractivity contribution in [2.45, 2.75) is 5.41 Å². The molecule has 0 saturated heterocycles. The summed E-state index contributed by atoms with van der Waals surface area (Å²) in [6.45, 7) is 0. The highest BCUT2D eigenvalue weighted by molar-refractivity contribution is 6.07. The van der Waals surface area contributed by atoms with Crippen LogP contribution in [-0.2, 0) is 5.41 Å². The van der Waals surface area contributed by atoms with E-state index in [2.05, 4.69) is 126 Å². The lowest BCUT2D eigenvalue weighted by molar-refractivity contribution is 0.643. The first-order valence-electron chi connectivity index (χ1n) is 19.6. The molecule has 2 aromatic heterocycles. The number of rotatable bonds is 6. The van der Waals surface area contributed by atoms with Crippen LogP contribution < -0.4 is 4.90 Å². The van der Waals surface area contributed by atoms with Gasteiger partial charge in [-0.05, 0) is 53.1 Å². The third-order valence-corrected chi connectivity index (χ3v) is 11.4. The van der Waals surface area contributed by atoms with Gasteiger partial charge in [0.15, 0.2) is 17.5 Å². The molecule has 0 aliphatic carbocycles. The Morgan fingerprint density at radius 3 is 1.59 bits per heavy atom. The van der Waals surface area contributed by atoms with E-state index in [1.807, 2.05) is 84.9 Å². The van der Waals surface area contributed by atoms with Crippen LogP contribution in [0.25, 0.3) is 56.1 Å². The summed E-state index contributed by atoms with van der Waals surface area (Å²) in [4.78, 5) is 17.3. The van der Waals surface area contributed by atoms with Gasteiger partial charge in [0.1, 0.15) is 11.2 Å². The molecule has 0 atom stereocenters. The summed E-state index contributed by atoms with van der Waals surface area (Å²) in [5.74, 6) is 1.59. The standard InChI is InChI=1S/C53H33N5O/c54-34-35-31-38(52-56-50(36-17-4-1-5-18-36)55-51(57-52)37-19-6-2-7-20-37)33-40(32-35)58-46-28-13-11-25-43(46)53(39-21-8-3-9-22-39,44-26-12-14-29-47(44)58)45-27-16-24-42-41-23-10-15-30-48(41)59-49(42)45/h1-33H. The molecule has 59 heavy (non-hydrogen) atoms. The van der Waals surface area contributed by atoms with Crippen molar-refractivity contribution in [3.8, 4) is 40.2 Å². The molecule has 1 aliphatic rings. The molecule has 11 rings (SSSR count). The van der Waals surface area contributed by atoms with Crippen molar-refractivity contribution in [3.63, 3.8) is 0 Å². The summed E-state index contributed by atoms with van der Waals surface area (Å²) in [6, 6.07) is 70.8. The fourth-order valence-electron chi connectivity index (χ4n) is 8.88. The van der Waals surface area contributed by atoms with E-state index in [4.69, 9.17) is 19.4 Å². The average Bonchev–Trinajstić information content (AvgIpc) is 3.70. The molecular weight excluding hydrogens is 723 g/mol. The minimum atomic E-state index is -0.780. The lowest BCUT2D eigenvalue weighted by Gasteiger charge is -2.46. The van der Waals surface area contributed by atoms with Gasteiger partial charge in [-0.25, -0.2) is 15.0 Å². The van der Waals surface area contributed by atoms with E-state index in [0.717, 1.165) is 72.4 Å². The number of anilines is 3. The molecule has 0 bridgehead atoms. The number of hydrogen-bond donors (Lipinski definition) is 0. The van der Waals surface area contributed by atoms with E-state index in [1.54, 1.807) is 0 Å². The molecule has 3 heterocycles. The smallest absolute Gasteiger partial charge is 0.164 e. The minimum absolute atomic E-state index is 0.477. The molecule has 6 nitrogen and oxygen atoms in total. The maximum atomic E-state index is 10.6. The van der Waals surface area contributed by atoms with E-state index in [-0.39, 0.29) is 0 Å². The van der Waals surface area contributed by atoms with Gasteiger partial charge in [0.25, 0.3) is 0 Å². The summed E-state index contributed by atoms with van der Waals surface area (Å²) in [5, 5.41) is 12.7. The van der Waals surface area contributed by atoms with Crippen LogP contribution in [0.2, 0.25) is 0 Å². The molecule has 0 amide bonds. The number of nitriles is 1. The summed E-state index contributed by atoms with van der Waals surface area (Å²) in [7, 11) is 0. The zero-order valence-corrected chi connectivity index (χ0v) is 31.7. The molecule has 8 aromatic carbocycles. The Balaban J connectivity index is 1.17. The monoisotopic (exact) mass is 755 g/mol. The Labute approximate surface area is 341 Å². The Bertz CT molecular complexity index is 3140. The Kier molecular flexibility index (Phi) is 7.99. The van der Waals surface area contributed by atoms with Gasteiger partial charge in [-0.3, -0.25) is 0 Å². The van der Waals surface area contributed by atoms with Gasteiger partial charge in [-0.1, -0.05) is 164 Å². The molecule has 0 fully saturated rings. The molecule has 1 aliphatic heterocycles. The number of hydrogen-bond acceptors (Lipinski definition) is 6. The van der Waals surface area contributed by atoms with E-state index < -0.39 is 5.41 Å². The van der Waals surface area contributed by atoms with Crippen LogP contribution in [0.4, 0.5) is 17.1 Å². The number of benzene rings is 8. The van der Waals surface area contributed by atoms with E-state index in [9.17, 15) is 5.26 Å². The third kappa shape index (κ3) is 5.44. The third-order valence-electron chi connectivity index (χ3n) is 11.4. The van der Waals surface area contributed by atoms with E-state index >= 15 is 0 Å². The summed E-state index contributed by atoms with van der Waals surface area (Å²) < 4.78 is 6.83. The summed E-state index contributed by atoms with van der Waals surface area (Å²) in [5.41, 5.74) is 11.0. The lowest BCUT2D eigenvalue weighted by atomic mass is 9.62. The topological polar surface area (TPSA) is 78.8 Å². The van der Waals surface area contributed by atoms with E-state index in [1.165, 1.54) is 0 Å². The van der Waals surface area contributed by atoms with Crippen LogP contribution in [0.5, 0.6) is 0 Å². The molecule has 0 spiro atoms. The molecule has 0 N–H and O–H groups in total. The van der Waals surface area contributed by atoms with Gasteiger partial charge >= 0.3 is 0 Å². The first-order chi connectivity index (χ1) is 29.2. The quantitative estimate of drug-likeness (QED) is 0.168. The van der Waals surface area contributed by atoms with Gasteiger partial charge in [-0.2, -0.15) is 5.26 Å². The molecule has 6 heteroatoms. The van der Waals surface area contributed by atoms with Crippen molar-refractivity contribution in [2.75, 3.05) is 4.90 Å². The maximum absolute atomic E-state index is 10.6. The van der Waals surface area contributed by atoms with Crippen LogP contribution in [0, 0.1) is 11.3 Å². The Morgan fingerprint density at radius 1 is 0.458 bits per heavy atom. The lowest BCUT2D eigenvalue weighted by Crippen LogP contribution is -2.37. The number of aromatic nitrogens is 3. The first-order valence-corrected chi connectivity index (χ1v) is 19.6. The Morgan fingerprint density at radius 2 is 0.966 bits per heavy atom. The molecule has 0 unspecified atom stereocenters. The average molecular weight is 756 g/mol. The molecule has 10 aromatic rings. The predicted octanol–water partition coefficient (Wildman–Crippen LogP) is 12.8. The number of para-hydroxylation sites is 4. The Hall–Kier alpha value is -8.14. The van der Waals surface area contributed by atoms with Gasteiger partial charge in [-0.15, -0.1) is 0 Å². The molecule has 0 saturated carbocycles. The van der Waals surface area contributed by atoms with Crippen LogP contribution in [0.3, 0.4) is 0 Å². The van der Waals surface area contributed by atoms with Crippen LogP contribution in [-0.4, -0.2) is 15.0 Å². The second kappa shape index (κ2) is 13.8. The van der Waals surface area contributed by atoms with Gasteiger partial charge < -0.3 is 9.32 Å². The second-order valence-corrected chi connectivity index (χ2v) is 14.7. The molecule has 276 valence electrons. The normalized spacial score (nSPS) is 12.8. The highest BCUT2D eigenvalue weighted by Crippen LogP contribution is 2.59. The second-order valence-electron chi connectivity index (χ2n) is 14.7. The number of furan rings is 1. The fraction of sp³-hybridized carbons (Fsp3) is 0.0189. The van der Waals surface area contributed by atoms with Crippen molar-refractivity contribution >= 4 is 39.0 Å². The van der Waals surface area contributed by atoms with Crippen LogP contribution >= 0.6 is 0 Å². The maximum Gasteiger partial charge on any atom is 0.164 e.